The molecule has 5 nitrogen and oxygen atoms in total. The monoisotopic (exact) mass is 280 g/mol. The quantitative estimate of drug-likeness (QED) is 0.804. The number of aromatic nitrogens is 1. The van der Waals surface area contributed by atoms with Gasteiger partial charge in [0.25, 0.3) is 5.91 Å². The Bertz CT molecular complexity index is 648. The summed E-state index contributed by atoms with van der Waals surface area (Å²) in [6.07, 6.45) is 0. The Morgan fingerprint density at radius 1 is 1.32 bits per heavy atom. The van der Waals surface area contributed by atoms with Crippen LogP contribution in [0.5, 0.6) is 0 Å². The van der Waals surface area contributed by atoms with Gasteiger partial charge in [0, 0.05) is 5.69 Å². The number of amides is 1. The number of nitrogens with zero attached hydrogens (tertiary/aromatic N) is 1. The number of carbonyl (C=O) groups is 1. The molecule has 0 fully saturated rings. The Hall–Kier alpha value is -2.34. The van der Waals surface area contributed by atoms with E-state index in [1.807, 2.05) is 0 Å². The van der Waals surface area contributed by atoms with Crippen molar-refractivity contribution in [3.63, 3.8) is 0 Å². The molecule has 2 rings (SSSR count). The summed E-state index contributed by atoms with van der Waals surface area (Å²) < 4.78 is 13.3. The summed E-state index contributed by atoms with van der Waals surface area (Å²) in [5.74, 6) is -1.03. The molecule has 0 aliphatic carbocycles. The van der Waals surface area contributed by atoms with E-state index in [4.69, 9.17) is 23.1 Å². The molecule has 0 saturated carbocycles. The molecule has 98 valence electrons. The van der Waals surface area contributed by atoms with Crippen LogP contribution in [0.25, 0.3) is 0 Å². The standard InChI is InChI=1S/C12H10ClFN4O/c13-7-2-1-6(5-8(7)14)17-12-9(15)3-4-10(18-12)11(16)19/h1-5H,15H2,(H2,16,19)(H,17,18). The molecule has 0 aliphatic rings. The highest BCUT2D eigenvalue weighted by Gasteiger charge is 2.08. The number of nitrogens with one attached hydrogen (secondary N) is 1. The highest BCUT2D eigenvalue weighted by molar-refractivity contribution is 6.30. The van der Waals surface area contributed by atoms with Crippen LogP contribution in [0.3, 0.4) is 0 Å². The Kier molecular flexibility index (Phi) is 3.52. The van der Waals surface area contributed by atoms with E-state index in [0.717, 1.165) is 0 Å². The largest absolute Gasteiger partial charge is 0.396 e. The average molecular weight is 281 g/mol. The smallest absolute Gasteiger partial charge is 0.267 e. The maximum atomic E-state index is 13.3. The normalized spacial score (nSPS) is 10.2. The lowest BCUT2D eigenvalue weighted by Gasteiger charge is -2.09. The van der Waals surface area contributed by atoms with E-state index < -0.39 is 11.7 Å². The summed E-state index contributed by atoms with van der Waals surface area (Å²) in [7, 11) is 0. The maximum Gasteiger partial charge on any atom is 0.267 e. The van der Waals surface area contributed by atoms with Gasteiger partial charge in [-0.15, -0.1) is 0 Å². The molecule has 0 aliphatic heterocycles. The third-order valence-electron chi connectivity index (χ3n) is 2.36. The summed E-state index contributed by atoms with van der Waals surface area (Å²) in [6.45, 7) is 0. The van der Waals surface area contributed by atoms with Crippen molar-refractivity contribution in [1.29, 1.82) is 0 Å². The fraction of sp³-hybridized carbons (Fsp3) is 0. The molecule has 19 heavy (non-hydrogen) atoms. The van der Waals surface area contributed by atoms with Gasteiger partial charge >= 0.3 is 0 Å². The molecule has 5 N–H and O–H groups in total. The molecule has 0 radical (unpaired) electrons. The first-order valence-electron chi connectivity index (χ1n) is 5.26. The number of hydrogen-bond donors (Lipinski definition) is 3. The number of nitrogen functional groups attached to an aromatic ring is 1. The zero-order valence-electron chi connectivity index (χ0n) is 9.65. The molecule has 1 aromatic heterocycles. The minimum atomic E-state index is -0.676. The predicted molar refractivity (Wildman–Crippen MR) is 71.9 cm³/mol. The van der Waals surface area contributed by atoms with Crippen molar-refractivity contribution in [3.8, 4) is 0 Å². The van der Waals surface area contributed by atoms with Crippen molar-refractivity contribution in [2.45, 2.75) is 0 Å². The Morgan fingerprint density at radius 2 is 2.05 bits per heavy atom. The second-order valence-electron chi connectivity index (χ2n) is 3.75. The molecule has 0 spiro atoms. The van der Waals surface area contributed by atoms with Gasteiger partial charge in [0.15, 0.2) is 5.82 Å². The van der Waals surface area contributed by atoms with Crippen molar-refractivity contribution in [2.24, 2.45) is 5.73 Å². The highest BCUT2D eigenvalue weighted by Crippen LogP contribution is 2.24. The van der Waals surface area contributed by atoms with Crippen LogP contribution in [0.15, 0.2) is 30.3 Å². The van der Waals surface area contributed by atoms with Crippen LogP contribution in [-0.2, 0) is 0 Å². The molecule has 1 amide bonds. The van der Waals surface area contributed by atoms with Gasteiger partial charge in [-0.3, -0.25) is 4.79 Å². The minimum absolute atomic E-state index is 0.0115. The highest BCUT2D eigenvalue weighted by atomic mass is 35.5. The molecule has 0 saturated heterocycles. The van der Waals surface area contributed by atoms with Gasteiger partial charge in [0.2, 0.25) is 0 Å². The van der Waals surface area contributed by atoms with E-state index >= 15 is 0 Å². The fourth-order valence-electron chi connectivity index (χ4n) is 1.42. The van der Waals surface area contributed by atoms with E-state index in [-0.39, 0.29) is 16.5 Å². The molecular weight excluding hydrogens is 271 g/mol. The van der Waals surface area contributed by atoms with Crippen LogP contribution >= 0.6 is 11.6 Å². The molecule has 0 atom stereocenters. The minimum Gasteiger partial charge on any atom is -0.396 e. The van der Waals surface area contributed by atoms with Crippen molar-refractivity contribution in [2.75, 3.05) is 11.1 Å². The number of hydrogen-bond acceptors (Lipinski definition) is 4. The second-order valence-corrected chi connectivity index (χ2v) is 4.16. The molecule has 7 heteroatoms. The summed E-state index contributed by atoms with van der Waals surface area (Å²) in [6, 6.07) is 7.05. The first kappa shape index (κ1) is 13.1. The molecule has 1 heterocycles. The first-order chi connectivity index (χ1) is 8.97. The third-order valence-corrected chi connectivity index (χ3v) is 2.67. The molecule has 0 bridgehead atoms. The van der Waals surface area contributed by atoms with E-state index in [0.29, 0.717) is 11.4 Å². The summed E-state index contributed by atoms with van der Waals surface area (Å²) in [5, 5.41) is 2.80. The summed E-state index contributed by atoms with van der Waals surface area (Å²) in [4.78, 5) is 15.0. The van der Waals surface area contributed by atoms with Gasteiger partial charge in [0.05, 0.1) is 10.7 Å². The van der Waals surface area contributed by atoms with Crippen LogP contribution < -0.4 is 16.8 Å². The van der Waals surface area contributed by atoms with E-state index in [1.165, 1.54) is 24.3 Å². The van der Waals surface area contributed by atoms with Crippen LogP contribution in [0.2, 0.25) is 5.02 Å². The average Bonchev–Trinajstić information content (AvgIpc) is 2.36. The lowest BCUT2D eigenvalue weighted by atomic mass is 10.2. The number of rotatable bonds is 3. The third kappa shape index (κ3) is 2.92. The topological polar surface area (TPSA) is 94.0 Å². The zero-order valence-corrected chi connectivity index (χ0v) is 10.4. The Labute approximate surface area is 113 Å². The van der Waals surface area contributed by atoms with E-state index in [2.05, 4.69) is 10.3 Å². The molecule has 1 aromatic carbocycles. The SMILES string of the molecule is NC(=O)c1ccc(N)c(Nc2ccc(Cl)c(F)c2)n1. The summed E-state index contributed by atoms with van der Waals surface area (Å²) >= 11 is 5.58. The van der Waals surface area contributed by atoms with Crippen LogP contribution in [0.1, 0.15) is 10.5 Å². The van der Waals surface area contributed by atoms with Gasteiger partial charge in [-0.1, -0.05) is 11.6 Å². The molecule has 0 unspecified atom stereocenters. The molecule has 2 aromatic rings. The maximum absolute atomic E-state index is 13.3. The first-order valence-corrected chi connectivity index (χ1v) is 5.63. The Balaban J connectivity index is 2.34. The van der Waals surface area contributed by atoms with E-state index in [1.54, 1.807) is 6.07 Å². The van der Waals surface area contributed by atoms with Crippen molar-refractivity contribution in [3.05, 3.63) is 46.9 Å². The molecular formula is C12H10ClFN4O. The second kappa shape index (κ2) is 5.11. The predicted octanol–water partition coefficient (Wildman–Crippen LogP) is 2.30. The zero-order chi connectivity index (χ0) is 14.0. The number of pyridine rings is 1. The number of halogens is 2. The van der Waals surface area contributed by atoms with Crippen molar-refractivity contribution < 1.29 is 9.18 Å². The van der Waals surface area contributed by atoms with Crippen molar-refractivity contribution >= 4 is 34.7 Å². The van der Waals surface area contributed by atoms with Gasteiger partial charge in [-0.2, -0.15) is 0 Å². The van der Waals surface area contributed by atoms with Crippen LogP contribution in [-0.4, -0.2) is 10.9 Å². The van der Waals surface area contributed by atoms with Gasteiger partial charge in [0.1, 0.15) is 11.5 Å². The number of nitrogens with two attached hydrogens (primary N) is 2. The Morgan fingerprint density at radius 3 is 2.68 bits per heavy atom. The number of benzene rings is 1. The fourth-order valence-corrected chi connectivity index (χ4v) is 1.54. The van der Waals surface area contributed by atoms with Gasteiger partial charge < -0.3 is 16.8 Å². The number of primary amides is 1. The van der Waals surface area contributed by atoms with Crippen molar-refractivity contribution in [1.82, 2.24) is 4.98 Å². The van der Waals surface area contributed by atoms with E-state index in [9.17, 15) is 9.18 Å². The van der Waals surface area contributed by atoms with Crippen LogP contribution in [0, 0.1) is 5.82 Å². The lowest BCUT2D eigenvalue weighted by Crippen LogP contribution is -2.14. The lowest BCUT2D eigenvalue weighted by molar-refractivity contribution is 0.0996. The van der Waals surface area contributed by atoms with Gasteiger partial charge in [-0.25, -0.2) is 9.37 Å². The van der Waals surface area contributed by atoms with Crippen LogP contribution in [0.4, 0.5) is 21.6 Å². The number of carbonyl (C=O) groups excluding carboxylic acids is 1. The van der Waals surface area contributed by atoms with Gasteiger partial charge in [-0.05, 0) is 30.3 Å². The summed E-state index contributed by atoms with van der Waals surface area (Å²) in [5.41, 5.74) is 11.6. The number of anilines is 3.